The van der Waals surface area contributed by atoms with Gasteiger partial charge in [-0.1, -0.05) is 24.3 Å². The fourth-order valence-electron chi connectivity index (χ4n) is 2.90. The average molecular weight is 349 g/mol. The van der Waals surface area contributed by atoms with Gasteiger partial charge < -0.3 is 10.6 Å². The molecule has 26 heavy (non-hydrogen) atoms. The molecule has 1 heterocycles. The van der Waals surface area contributed by atoms with E-state index in [0.717, 1.165) is 0 Å². The predicted molar refractivity (Wildman–Crippen MR) is 96.1 cm³/mol. The van der Waals surface area contributed by atoms with Gasteiger partial charge in [-0.05, 0) is 36.2 Å². The summed E-state index contributed by atoms with van der Waals surface area (Å²) >= 11 is 0. The van der Waals surface area contributed by atoms with Crippen LogP contribution in [0, 0.1) is 19.3 Å². The highest BCUT2D eigenvalue weighted by Crippen LogP contribution is 2.32. The van der Waals surface area contributed by atoms with Crippen LogP contribution in [0.2, 0.25) is 0 Å². The Kier molecular flexibility index (Phi) is 4.81. The van der Waals surface area contributed by atoms with E-state index >= 15 is 0 Å². The molecule has 3 rings (SSSR count). The number of amides is 2. The van der Waals surface area contributed by atoms with Gasteiger partial charge in [0.05, 0.1) is 6.57 Å². The third-order valence-electron chi connectivity index (χ3n) is 4.36. The third kappa shape index (κ3) is 3.47. The highest BCUT2D eigenvalue weighted by molar-refractivity contribution is 6.07. The Morgan fingerprint density at radius 3 is 2.69 bits per heavy atom. The molecule has 2 N–H and O–H groups in total. The number of carbonyl (C=O) groups is 2. The fourth-order valence-corrected chi connectivity index (χ4v) is 2.90. The molecule has 0 aromatic heterocycles. The van der Waals surface area contributed by atoms with Gasteiger partial charge >= 0.3 is 0 Å². The molecular weight excluding hydrogens is 333 g/mol. The highest BCUT2D eigenvalue weighted by atomic mass is 19.1. The largest absolute Gasteiger partial charge is 0.332 e. The molecular formula is C20H16FN3O2. The summed E-state index contributed by atoms with van der Waals surface area (Å²) < 4.78 is 13.2. The number of hydrogen-bond acceptors (Lipinski definition) is 2. The molecule has 1 aliphatic rings. The maximum Gasteiger partial charge on any atom is 0.253 e. The minimum Gasteiger partial charge on any atom is -0.332 e. The van der Waals surface area contributed by atoms with E-state index in [1.54, 1.807) is 37.3 Å². The van der Waals surface area contributed by atoms with Gasteiger partial charge in [0.25, 0.3) is 5.91 Å². The Morgan fingerprint density at radius 2 is 2.00 bits per heavy atom. The number of rotatable bonds is 3. The summed E-state index contributed by atoms with van der Waals surface area (Å²) in [6.45, 7) is 8.93. The van der Waals surface area contributed by atoms with Crippen LogP contribution in [0.1, 0.15) is 23.5 Å². The first-order valence-corrected chi connectivity index (χ1v) is 8.03. The smallest absolute Gasteiger partial charge is 0.253 e. The van der Waals surface area contributed by atoms with Crippen LogP contribution in [0.15, 0.2) is 54.2 Å². The molecule has 1 atom stereocenters. The Labute approximate surface area is 150 Å². The van der Waals surface area contributed by atoms with E-state index in [2.05, 4.69) is 15.5 Å². The van der Waals surface area contributed by atoms with Crippen LogP contribution in [0.4, 0.5) is 15.8 Å². The molecule has 5 nitrogen and oxygen atoms in total. The average Bonchev–Trinajstić information content (AvgIpc) is 2.64. The molecule has 2 aromatic carbocycles. The molecule has 0 aliphatic carbocycles. The van der Waals surface area contributed by atoms with Crippen LogP contribution in [-0.2, 0) is 9.59 Å². The van der Waals surface area contributed by atoms with Gasteiger partial charge in [-0.3, -0.25) is 9.59 Å². The summed E-state index contributed by atoms with van der Waals surface area (Å²) in [6.07, 6.45) is 1.50. The lowest BCUT2D eigenvalue weighted by atomic mass is 9.86. The van der Waals surface area contributed by atoms with Gasteiger partial charge in [0.2, 0.25) is 5.91 Å². The zero-order valence-corrected chi connectivity index (χ0v) is 14.0. The van der Waals surface area contributed by atoms with Gasteiger partial charge in [-0.2, -0.15) is 0 Å². The monoisotopic (exact) mass is 349 g/mol. The number of nitrogens with one attached hydrogen (secondary N) is 2. The van der Waals surface area contributed by atoms with Crippen molar-refractivity contribution in [2.75, 3.05) is 5.32 Å². The second-order valence-electron chi connectivity index (χ2n) is 5.99. The molecule has 130 valence electrons. The number of benzene rings is 2. The van der Waals surface area contributed by atoms with Crippen molar-refractivity contribution < 1.29 is 14.0 Å². The number of nitrogens with zero attached hydrogens (tertiary/aromatic N) is 1. The second kappa shape index (κ2) is 7.19. The Hall–Kier alpha value is -3.46. The fraction of sp³-hybridized carbons (Fsp3) is 0.150. The first-order chi connectivity index (χ1) is 12.5. The van der Waals surface area contributed by atoms with Crippen LogP contribution in [-0.4, -0.2) is 11.8 Å². The van der Waals surface area contributed by atoms with Gasteiger partial charge in [-0.15, -0.1) is 0 Å². The van der Waals surface area contributed by atoms with Crippen molar-refractivity contribution in [2.24, 2.45) is 0 Å². The summed E-state index contributed by atoms with van der Waals surface area (Å²) in [7, 11) is 0. The van der Waals surface area contributed by atoms with Crippen molar-refractivity contribution in [1.29, 1.82) is 0 Å². The molecule has 6 heteroatoms. The minimum atomic E-state index is -0.464. The third-order valence-corrected chi connectivity index (χ3v) is 4.36. The molecule has 0 saturated heterocycles. The van der Waals surface area contributed by atoms with Crippen molar-refractivity contribution in [3.63, 3.8) is 0 Å². The van der Waals surface area contributed by atoms with E-state index in [-0.39, 0.29) is 24.1 Å². The van der Waals surface area contributed by atoms with Crippen molar-refractivity contribution in [1.82, 2.24) is 5.32 Å². The highest BCUT2D eigenvalue weighted by Gasteiger charge is 2.29. The lowest BCUT2D eigenvalue weighted by molar-refractivity contribution is -0.121. The minimum absolute atomic E-state index is 0.103. The SMILES string of the molecule is [C-]#[N+]c1cccc(NC(=O)C2=CNC(=O)C[C@H]2c2ccc(F)cc2)c1C. The van der Waals surface area contributed by atoms with E-state index in [9.17, 15) is 14.0 Å². The molecule has 0 unspecified atom stereocenters. The molecule has 2 amide bonds. The van der Waals surface area contributed by atoms with Crippen molar-refractivity contribution >= 4 is 23.2 Å². The van der Waals surface area contributed by atoms with Crippen molar-refractivity contribution in [2.45, 2.75) is 19.3 Å². The maximum atomic E-state index is 13.2. The maximum absolute atomic E-state index is 13.2. The van der Waals surface area contributed by atoms with Crippen LogP contribution >= 0.6 is 0 Å². The Morgan fingerprint density at radius 1 is 1.27 bits per heavy atom. The molecule has 1 aliphatic heterocycles. The summed E-state index contributed by atoms with van der Waals surface area (Å²) in [5.41, 5.74) is 2.75. The predicted octanol–water partition coefficient (Wildman–Crippen LogP) is 3.81. The van der Waals surface area contributed by atoms with Gasteiger partial charge in [-0.25, -0.2) is 9.24 Å². The summed E-state index contributed by atoms with van der Waals surface area (Å²) in [5.74, 6) is -1.42. The lowest BCUT2D eigenvalue weighted by Gasteiger charge is -2.24. The zero-order valence-electron chi connectivity index (χ0n) is 14.0. The summed E-state index contributed by atoms with van der Waals surface area (Å²) in [6, 6.07) is 10.9. The van der Waals surface area contributed by atoms with Crippen LogP contribution in [0.5, 0.6) is 0 Å². The first-order valence-electron chi connectivity index (χ1n) is 8.03. The van der Waals surface area contributed by atoms with E-state index < -0.39 is 5.92 Å². The van der Waals surface area contributed by atoms with Gasteiger partial charge in [0.1, 0.15) is 5.82 Å². The molecule has 0 bridgehead atoms. The molecule has 0 fully saturated rings. The summed E-state index contributed by atoms with van der Waals surface area (Å²) in [4.78, 5) is 28.0. The van der Waals surface area contributed by atoms with Crippen molar-refractivity contribution in [3.05, 3.63) is 82.6 Å². The molecule has 0 radical (unpaired) electrons. The van der Waals surface area contributed by atoms with Crippen LogP contribution in [0.25, 0.3) is 4.85 Å². The number of halogens is 1. The van der Waals surface area contributed by atoms with E-state index in [0.29, 0.717) is 28.1 Å². The van der Waals surface area contributed by atoms with E-state index in [4.69, 9.17) is 6.57 Å². The molecule has 0 saturated carbocycles. The Balaban J connectivity index is 1.90. The lowest BCUT2D eigenvalue weighted by Crippen LogP contribution is -2.32. The van der Waals surface area contributed by atoms with Gasteiger partial charge in [0, 0.05) is 29.8 Å². The van der Waals surface area contributed by atoms with Crippen molar-refractivity contribution in [3.8, 4) is 0 Å². The number of anilines is 1. The normalized spacial score (nSPS) is 16.3. The van der Waals surface area contributed by atoms with Crippen LogP contribution < -0.4 is 10.6 Å². The topological polar surface area (TPSA) is 62.6 Å². The molecule has 2 aromatic rings. The number of carbonyl (C=O) groups excluding carboxylic acids is 2. The number of hydrogen-bond donors (Lipinski definition) is 2. The van der Waals surface area contributed by atoms with Crippen LogP contribution in [0.3, 0.4) is 0 Å². The molecule has 0 spiro atoms. The first kappa shape index (κ1) is 17.4. The van der Waals surface area contributed by atoms with E-state index in [1.165, 1.54) is 18.3 Å². The zero-order chi connectivity index (χ0) is 18.7. The Bertz CT molecular complexity index is 943. The quantitative estimate of drug-likeness (QED) is 0.828. The second-order valence-corrected chi connectivity index (χ2v) is 5.99. The van der Waals surface area contributed by atoms with Gasteiger partial charge in [0.15, 0.2) is 5.69 Å². The summed E-state index contributed by atoms with van der Waals surface area (Å²) in [5, 5.41) is 5.37. The standard InChI is InChI=1S/C20H16FN3O2/c1-12-17(22-2)4-3-5-18(12)24-20(26)16-11-23-19(25)10-15(16)13-6-8-14(21)9-7-13/h3-9,11,15H,10H2,1H3,(H,23,25)(H,24,26)/t15-/m0/s1. The van der Waals surface area contributed by atoms with E-state index in [1.807, 2.05) is 0 Å².